The number of esters is 1. The first kappa shape index (κ1) is 28.1. The Labute approximate surface area is 186 Å². The molecule has 0 amide bonds. The Morgan fingerprint density at radius 3 is 1.73 bits per heavy atom. The van der Waals surface area contributed by atoms with Crippen molar-refractivity contribution in [3.63, 3.8) is 0 Å². The Hall–Kier alpha value is -1.92. The molecule has 0 aliphatic rings. The van der Waals surface area contributed by atoms with Crippen LogP contribution in [-0.4, -0.2) is 35.4 Å². The van der Waals surface area contributed by atoms with E-state index in [1.54, 1.807) is 6.92 Å². The molecule has 0 rings (SSSR count). The molecular formula is C24H37NO4S. The maximum Gasteiger partial charge on any atom is 0.335 e. The lowest BCUT2D eigenvalue weighted by atomic mass is 9.86. The third-order valence-corrected chi connectivity index (χ3v) is 5.24. The fraction of sp³-hybridized carbons (Fsp3) is 0.542. The minimum Gasteiger partial charge on any atom is -0.467 e. The van der Waals surface area contributed by atoms with Gasteiger partial charge in [0.15, 0.2) is 17.1 Å². The molecule has 0 bridgehead atoms. The van der Waals surface area contributed by atoms with Crippen LogP contribution in [0, 0.1) is 0 Å². The number of allylic oxidation sites excluding steroid dienone is 7. The number of rotatable bonds is 12. The highest BCUT2D eigenvalue weighted by atomic mass is 32.1. The fourth-order valence-corrected chi connectivity index (χ4v) is 3.03. The zero-order valence-corrected chi connectivity index (χ0v) is 20.3. The number of methoxy groups -OCH3 is 1. The van der Waals surface area contributed by atoms with Crippen LogP contribution in [0.4, 0.5) is 0 Å². The minimum absolute atomic E-state index is 0.495. The van der Waals surface area contributed by atoms with E-state index in [1.807, 2.05) is 34.6 Å². The molecule has 30 heavy (non-hydrogen) atoms. The van der Waals surface area contributed by atoms with E-state index in [0.717, 1.165) is 31.1 Å². The molecule has 6 heteroatoms. The fourth-order valence-electron chi connectivity index (χ4n) is 2.73. The molecule has 0 fully saturated rings. The van der Waals surface area contributed by atoms with Crippen LogP contribution in [0.25, 0.3) is 0 Å². The van der Waals surface area contributed by atoms with Gasteiger partial charge in [-0.05, 0) is 79.4 Å². The van der Waals surface area contributed by atoms with Crippen LogP contribution in [0.15, 0.2) is 46.6 Å². The van der Waals surface area contributed by atoms with E-state index in [-0.39, 0.29) is 0 Å². The van der Waals surface area contributed by atoms with Gasteiger partial charge in [-0.15, -0.1) is 0 Å². The van der Waals surface area contributed by atoms with E-state index >= 15 is 0 Å². The Balaban J connectivity index is 5.60. The average molecular weight is 436 g/mol. The number of nitrogens with two attached hydrogens (primary N) is 1. The molecule has 0 heterocycles. The predicted octanol–water partition coefficient (Wildman–Crippen LogP) is 4.68. The van der Waals surface area contributed by atoms with Crippen molar-refractivity contribution >= 4 is 30.2 Å². The maximum atomic E-state index is 12.9. The van der Waals surface area contributed by atoms with E-state index in [1.165, 1.54) is 23.3 Å². The van der Waals surface area contributed by atoms with Gasteiger partial charge < -0.3 is 10.5 Å². The van der Waals surface area contributed by atoms with Crippen molar-refractivity contribution in [1.82, 2.24) is 0 Å². The van der Waals surface area contributed by atoms with Crippen molar-refractivity contribution in [3.05, 3.63) is 46.6 Å². The van der Waals surface area contributed by atoms with Gasteiger partial charge in [-0.1, -0.05) is 34.4 Å². The molecule has 2 atom stereocenters. The summed E-state index contributed by atoms with van der Waals surface area (Å²) in [5.41, 5.74) is 7.94. The Morgan fingerprint density at radius 1 is 0.900 bits per heavy atom. The second kappa shape index (κ2) is 13.4. The Morgan fingerprint density at radius 2 is 1.33 bits per heavy atom. The predicted molar refractivity (Wildman–Crippen MR) is 127 cm³/mol. The summed E-state index contributed by atoms with van der Waals surface area (Å²) in [6.45, 7) is 11.6. The monoisotopic (exact) mass is 435 g/mol. The van der Waals surface area contributed by atoms with E-state index < -0.39 is 28.3 Å². The standard InChI is InChI=1S/C24H37NO4S/c1-16(2)10-8-12-18(5)14-20(26)22(30)24(25,23(28)29-7)21(27)15-19(6)13-9-11-17(3)4/h10-11,14-15,22,30H,8-9,12-13,25H2,1-7H3/b18-14+,19-15+. The van der Waals surface area contributed by atoms with Crippen molar-refractivity contribution in [2.45, 2.75) is 78.0 Å². The summed E-state index contributed by atoms with van der Waals surface area (Å²) in [4.78, 5) is 38.0. The van der Waals surface area contributed by atoms with Gasteiger partial charge in [0, 0.05) is 0 Å². The van der Waals surface area contributed by atoms with E-state index in [0.29, 0.717) is 12.8 Å². The number of thiol groups is 1. The van der Waals surface area contributed by atoms with Crippen LogP contribution in [0.3, 0.4) is 0 Å². The van der Waals surface area contributed by atoms with Crippen molar-refractivity contribution in [2.75, 3.05) is 7.11 Å². The molecule has 0 aliphatic carbocycles. The molecule has 0 aliphatic heterocycles. The second-order valence-corrected chi connectivity index (χ2v) is 8.67. The van der Waals surface area contributed by atoms with Crippen molar-refractivity contribution in [2.24, 2.45) is 5.73 Å². The van der Waals surface area contributed by atoms with E-state index in [2.05, 4.69) is 24.8 Å². The summed E-state index contributed by atoms with van der Waals surface area (Å²) in [6.07, 6.45) is 9.75. The van der Waals surface area contributed by atoms with Gasteiger partial charge in [0.05, 0.1) is 7.11 Å². The first-order chi connectivity index (χ1) is 13.9. The van der Waals surface area contributed by atoms with Gasteiger partial charge in [0.1, 0.15) is 5.25 Å². The molecule has 0 radical (unpaired) electrons. The summed E-state index contributed by atoms with van der Waals surface area (Å²) < 4.78 is 4.75. The van der Waals surface area contributed by atoms with E-state index in [4.69, 9.17) is 10.5 Å². The van der Waals surface area contributed by atoms with E-state index in [9.17, 15) is 14.4 Å². The lowest BCUT2D eigenvalue weighted by Crippen LogP contribution is -2.63. The van der Waals surface area contributed by atoms with Gasteiger partial charge in [0.25, 0.3) is 0 Å². The molecule has 0 aromatic heterocycles. The quantitative estimate of drug-likeness (QED) is 0.153. The molecular weight excluding hydrogens is 398 g/mol. The van der Waals surface area contributed by atoms with Crippen LogP contribution in [0.2, 0.25) is 0 Å². The molecule has 0 aromatic carbocycles. The number of ketones is 2. The normalized spacial score (nSPS) is 15.0. The van der Waals surface area contributed by atoms with Crippen LogP contribution in [0.5, 0.6) is 0 Å². The summed E-state index contributed by atoms with van der Waals surface area (Å²) in [5.74, 6) is -2.16. The van der Waals surface area contributed by atoms with Crippen molar-refractivity contribution in [1.29, 1.82) is 0 Å². The molecule has 2 unspecified atom stereocenters. The van der Waals surface area contributed by atoms with Gasteiger partial charge in [-0.3, -0.25) is 9.59 Å². The lowest BCUT2D eigenvalue weighted by molar-refractivity contribution is -0.151. The molecule has 0 aromatic rings. The highest BCUT2D eigenvalue weighted by Crippen LogP contribution is 2.22. The topological polar surface area (TPSA) is 86.5 Å². The molecule has 5 nitrogen and oxygen atoms in total. The number of ether oxygens (including phenoxy) is 1. The number of hydrogen-bond donors (Lipinski definition) is 2. The Kier molecular flexibility index (Phi) is 12.5. The van der Waals surface area contributed by atoms with Crippen LogP contribution in [-0.2, 0) is 19.1 Å². The second-order valence-electron chi connectivity index (χ2n) is 8.15. The average Bonchev–Trinajstić information content (AvgIpc) is 2.64. The van der Waals surface area contributed by atoms with Crippen molar-refractivity contribution in [3.8, 4) is 0 Å². The summed E-state index contributed by atoms with van der Waals surface area (Å²) in [5, 5.41) is -1.35. The van der Waals surface area contributed by atoms with Crippen LogP contribution >= 0.6 is 12.6 Å². The van der Waals surface area contributed by atoms with Gasteiger partial charge >= 0.3 is 5.97 Å². The minimum atomic E-state index is -2.19. The summed E-state index contributed by atoms with van der Waals surface area (Å²) in [7, 11) is 1.13. The number of carbonyl (C=O) groups is 3. The molecule has 2 N–H and O–H groups in total. The van der Waals surface area contributed by atoms with Gasteiger partial charge in [-0.25, -0.2) is 4.79 Å². The number of hydrogen-bond acceptors (Lipinski definition) is 6. The SMILES string of the molecule is COC(=O)C(N)(C(=O)/C=C(\C)CCC=C(C)C)C(S)C(=O)/C=C(\C)CCC=C(C)C. The Bertz CT molecular complexity index is 753. The van der Waals surface area contributed by atoms with Gasteiger partial charge in [-0.2, -0.15) is 12.6 Å². The summed E-state index contributed by atoms with van der Waals surface area (Å²) >= 11 is 4.26. The third kappa shape index (κ3) is 9.26. The highest BCUT2D eigenvalue weighted by Gasteiger charge is 2.50. The van der Waals surface area contributed by atoms with Crippen LogP contribution in [0.1, 0.15) is 67.2 Å². The number of carbonyl (C=O) groups excluding carboxylic acids is 3. The smallest absolute Gasteiger partial charge is 0.335 e. The first-order valence-corrected chi connectivity index (χ1v) is 10.6. The molecule has 0 saturated heterocycles. The zero-order chi connectivity index (χ0) is 23.5. The first-order valence-electron chi connectivity index (χ1n) is 10.1. The lowest BCUT2D eigenvalue weighted by Gasteiger charge is -2.28. The van der Waals surface area contributed by atoms with Crippen LogP contribution < -0.4 is 5.73 Å². The molecule has 168 valence electrons. The highest BCUT2D eigenvalue weighted by molar-refractivity contribution is 7.82. The summed E-state index contributed by atoms with van der Waals surface area (Å²) in [6, 6.07) is 0. The van der Waals surface area contributed by atoms with Gasteiger partial charge in [0.2, 0.25) is 0 Å². The molecule has 0 spiro atoms. The third-order valence-electron chi connectivity index (χ3n) is 4.58. The van der Waals surface area contributed by atoms with Crippen molar-refractivity contribution < 1.29 is 19.1 Å². The molecule has 0 saturated carbocycles. The maximum absolute atomic E-state index is 12.9. The largest absolute Gasteiger partial charge is 0.467 e. The zero-order valence-electron chi connectivity index (χ0n) is 19.4.